The van der Waals surface area contributed by atoms with Crippen LogP contribution >= 0.6 is 34.7 Å². The molecule has 0 saturated carbocycles. The van der Waals surface area contributed by atoms with Crippen molar-refractivity contribution in [3.63, 3.8) is 0 Å². The Morgan fingerprint density at radius 1 is 1.28 bits per heavy atom. The molecule has 4 rings (SSSR count). The summed E-state index contributed by atoms with van der Waals surface area (Å²) in [5, 5.41) is 17.1. The standard InChI is InChI=1S/C23H21ClN2OS2/c1-23(2)10-17-21(18(27)11-23)20(19-4-3-9-28-19)16(12-25)22(26-17)29-13-14-5-7-15(24)8-6-14/h3-9,20,26H,10-11,13H2,1-2H3/t20-/m1/s1. The summed E-state index contributed by atoms with van der Waals surface area (Å²) >= 11 is 9.20. The Kier molecular flexibility index (Phi) is 5.61. The summed E-state index contributed by atoms with van der Waals surface area (Å²) in [6.07, 6.45) is 1.32. The Morgan fingerprint density at radius 2 is 2.03 bits per heavy atom. The lowest BCUT2D eigenvalue weighted by Gasteiger charge is -2.38. The molecule has 0 unspecified atom stereocenters. The van der Waals surface area contributed by atoms with Crippen molar-refractivity contribution in [2.24, 2.45) is 5.41 Å². The van der Waals surface area contributed by atoms with Gasteiger partial charge in [-0.05, 0) is 41.0 Å². The van der Waals surface area contributed by atoms with Gasteiger partial charge in [0.1, 0.15) is 0 Å². The van der Waals surface area contributed by atoms with Gasteiger partial charge in [-0.2, -0.15) is 5.26 Å². The molecule has 0 fully saturated rings. The zero-order valence-corrected chi connectivity index (χ0v) is 18.7. The molecule has 2 heterocycles. The van der Waals surface area contributed by atoms with E-state index in [4.69, 9.17) is 11.6 Å². The molecular weight excluding hydrogens is 420 g/mol. The van der Waals surface area contributed by atoms with Crippen molar-refractivity contribution in [1.29, 1.82) is 5.26 Å². The van der Waals surface area contributed by atoms with Crippen LogP contribution in [0.1, 0.15) is 43.0 Å². The van der Waals surface area contributed by atoms with Gasteiger partial charge in [0.2, 0.25) is 0 Å². The number of benzene rings is 1. The van der Waals surface area contributed by atoms with Crippen molar-refractivity contribution < 1.29 is 4.79 Å². The molecule has 1 aliphatic heterocycles. The summed E-state index contributed by atoms with van der Waals surface area (Å²) in [4.78, 5) is 14.1. The smallest absolute Gasteiger partial charge is 0.162 e. The van der Waals surface area contributed by atoms with Crippen LogP contribution < -0.4 is 5.32 Å². The van der Waals surface area contributed by atoms with Crippen LogP contribution in [0.2, 0.25) is 5.02 Å². The summed E-state index contributed by atoms with van der Waals surface area (Å²) in [7, 11) is 0. The predicted molar refractivity (Wildman–Crippen MR) is 121 cm³/mol. The van der Waals surface area contributed by atoms with E-state index in [0.717, 1.165) is 38.9 Å². The van der Waals surface area contributed by atoms with Crippen molar-refractivity contribution in [2.45, 2.75) is 38.4 Å². The summed E-state index contributed by atoms with van der Waals surface area (Å²) in [5.41, 5.74) is 3.44. The number of nitrogens with zero attached hydrogens (tertiary/aromatic N) is 1. The Morgan fingerprint density at radius 3 is 2.69 bits per heavy atom. The third-order valence-electron chi connectivity index (χ3n) is 5.25. The van der Waals surface area contributed by atoms with Gasteiger partial charge < -0.3 is 5.32 Å². The molecule has 29 heavy (non-hydrogen) atoms. The maximum absolute atomic E-state index is 13.1. The molecule has 0 saturated heterocycles. The molecular formula is C23H21ClN2OS2. The van der Waals surface area contributed by atoms with E-state index in [1.807, 2.05) is 41.8 Å². The molecule has 2 aromatic rings. The number of halogens is 1. The first-order valence-electron chi connectivity index (χ1n) is 9.46. The zero-order chi connectivity index (χ0) is 20.6. The predicted octanol–water partition coefficient (Wildman–Crippen LogP) is 6.40. The Balaban J connectivity index is 1.72. The number of dihydropyridines is 1. The average molecular weight is 441 g/mol. The first-order valence-corrected chi connectivity index (χ1v) is 11.7. The van der Waals surface area contributed by atoms with Gasteiger partial charge in [-0.1, -0.05) is 43.6 Å². The van der Waals surface area contributed by atoms with Gasteiger partial charge in [0.05, 0.1) is 22.6 Å². The number of ketones is 1. The van der Waals surface area contributed by atoms with Crippen LogP contribution in [0.25, 0.3) is 0 Å². The molecule has 0 radical (unpaired) electrons. The molecule has 1 aromatic carbocycles. The molecule has 1 atom stereocenters. The average Bonchev–Trinajstić information content (AvgIpc) is 3.19. The largest absolute Gasteiger partial charge is 0.352 e. The number of hydrogen-bond acceptors (Lipinski definition) is 5. The first kappa shape index (κ1) is 20.3. The molecule has 0 amide bonds. The van der Waals surface area contributed by atoms with Gasteiger partial charge in [0, 0.05) is 33.3 Å². The zero-order valence-electron chi connectivity index (χ0n) is 16.3. The van der Waals surface area contributed by atoms with Crippen LogP contribution in [-0.2, 0) is 10.5 Å². The van der Waals surface area contributed by atoms with Crippen LogP contribution in [0.5, 0.6) is 0 Å². The van der Waals surface area contributed by atoms with Gasteiger partial charge >= 0.3 is 0 Å². The summed E-state index contributed by atoms with van der Waals surface area (Å²) in [6.45, 7) is 4.25. The van der Waals surface area contributed by atoms with E-state index < -0.39 is 0 Å². The molecule has 1 aliphatic carbocycles. The second kappa shape index (κ2) is 8.02. The maximum atomic E-state index is 13.1. The lowest BCUT2D eigenvalue weighted by Crippen LogP contribution is -2.36. The third kappa shape index (κ3) is 4.16. The number of carbonyl (C=O) groups is 1. The van der Waals surface area contributed by atoms with Crippen molar-refractivity contribution in [3.05, 3.63) is 79.1 Å². The van der Waals surface area contributed by atoms with E-state index in [9.17, 15) is 10.1 Å². The molecule has 3 nitrogen and oxygen atoms in total. The van der Waals surface area contributed by atoms with Crippen molar-refractivity contribution in [1.82, 2.24) is 5.32 Å². The maximum Gasteiger partial charge on any atom is 0.162 e. The normalized spacial score (nSPS) is 20.9. The Labute approximate surface area is 184 Å². The molecule has 2 aliphatic rings. The van der Waals surface area contributed by atoms with Crippen LogP contribution in [0.15, 0.2) is 63.7 Å². The fraction of sp³-hybridized carbons (Fsp3) is 0.304. The number of allylic oxidation sites excluding steroid dienone is 3. The number of carbonyl (C=O) groups excluding carboxylic acids is 1. The number of nitrogens with one attached hydrogen (secondary N) is 1. The van der Waals surface area contributed by atoms with Crippen LogP contribution in [0.3, 0.4) is 0 Å². The molecule has 1 aromatic heterocycles. The number of thiophene rings is 1. The molecule has 0 bridgehead atoms. The highest BCUT2D eigenvalue weighted by Gasteiger charge is 2.42. The number of Topliss-reactive ketones (excluding diaryl/α,β-unsaturated/α-hetero) is 1. The van der Waals surface area contributed by atoms with Gasteiger partial charge in [-0.3, -0.25) is 4.79 Å². The first-order chi connectivity index (χ1) is 13.9. The van der Waals surface area contributed by atoms with E-state index in [1.165, 1.54) is 0 Å². The van der Waals surface area contributed by atoms with Crippen LogP contribution in [0, 0.1) is 16.7 Å². The topological polar surface area (TPSA) is 52.9 Å². The number of rotatable bonds is 4. The van der Waals surface area contributed by atoms with Crippen molar-refractivity contribution >= 4 is 40.5 Å². The number of thioether (sulfide) groups is 1. The number of hydrogen-bond donors (Lipinski definition) is 1. The van der Waals surface area contributed by atoms with E-state index in [2.05, 4.69) is 25.2 Å². The molecule has 1 N–H and O–H groups in total. The van der Waals surface area contributed by atoms with Crippen LogP contribution in [0.4, 0.5) is 0 Å². The second-order valence-corrected chi connectivity index (χ2v) is 10.6. The molecule has 6 heteroatoms. The van der Waals surface area contributed by atoms with E-state index in [0.29, 0.717) is 17.0 Å². The minimum Gasteiger partial charge on any atom is -0.352 e. The minimum atomic E-state index is -0.271. The van der Waals surface area contributed by atoms with Gasteiger partial charge in [-0.15, -0.1) is 23.1 Å². The highest BCUT2D eigenvalue weighted by atomic mass is 35.5. The van der Waals surface area contributed by atoms with E-state index in [-0.39, 0.29) is 17.1 Å². The molecule has 0 spiro atoms. The third-order valence-corrected chi connectivity index (χ3v) is 7.53. The van der Waals surface area contributed by atoms with E-state index in [1.54, 1.807) is 23.1 Å². The fourth-order valence-electron chi connectivity index (χ4n) is 3.97. The number of nitriles is 1. The van der Waals surface area contributed by atoms with Gasteiger partial charge in [0.15, 0.2) is 5.78 Å². The fourth-order valence-corrected chi connectivity index (χ4v) is 5.95. The monoisotopic (exact) mass is 440 g/mol. The van der Waals surface area contributed by atoms with Crippen molar-refractivity contribution in [3.8, 4) is 6.07 Å². The van der Waals surface area contributed by atoms with E-state index >= 15 is 0 Å². The Bertz CT molecular complexity index is 1040. The minimum absolute atomic E-state index is 0.0843. The quantitative estimate of drug-likeness (QED) is 0.597. The lowest BCUT2D eigenvalue weighted by atomic mass is 9.70. The highest BCUT2D eigenvalue weighted by Crippen LogP contribution is 2.48. The highest BCUT2D eigenvalue weighted by molar-refractivity contribution is 8.02. The summed E-state index contributed by atoms with van der Waals surface area (Å²) in [5.74, 6) is 0.603. The van der Waals surface area contributed by atoms with Gasteiger partial charge in [0.25, 0.3) is 0 Å². The van der Waals surface area contributed by atoms with Crippen LogP contribution in [-0.4, -0.2) is 5.78 Å². The lowest BCUT2D eigenvalue weighted by molar-refractivity contribution is -0.118. The summed E-state index contributed by atoms with van der Waals surface area (Å²) in [6, 6.07) is 14.2. The Hall–Kier alpha value is -2.00. The molecule has 148 valence electrons. The van der Waals surface area contributed by atoms with Crippen molar-refractivity contribution in [2.75, 3.05) is 0 Å². The van der Waals surface area contributed by atoms with Gasteiger partial charge in [-0.25, -0.2) is 0 Å². The second-order valence-electron chi connectivity index (χ2n) is 8.18. The summed E-state index contributed by atoms with van der Waals surface area (Å²) < 4.78 is 0. The SMILES string of the molecule is CC1(C)CC(=O)C2=C(C1)NC(SCc1ccc(Cl)cc1)=C(C#N)[C@@H]2c1cccs1.